The maximum atomic E-state index is 8.85. The van der Waals surface area contributed by atoms with E-state index in [1.807, 2.05) is 12.1 Å². The molecule has 0 aliphatic heterocycles. The molecule has 3 nitrogen and oxygen atoms in total. The average Bonchev–Trinajstić information content (AvgIpc) is 2.46. The van der Waals surface area contributed by atoms with Crippen molar-refractivity contribution in [2.24, 2.45) is 11.1 Å². The first-order chi connectivity index (χ1) is 8.78. The van der Waals surface area contributed by atoms with E-state index in [0.29, 0.717) is 18.7 Å². The molecule has 96 valence electrons. The van der Waals surface area contributed by atoms with E-state index in [4.69, 9.17) is 15.7 Å². The molecular weight excluding hydrogens is 224 g/mol. The molecule has 18 heavy (non-hydrogen) atoms. The topological polar surface area (TPSA) is 59.0 Å². The van der Waals surface area contributed by atoms with Crippen molar-refractivity contribution in [3.63, 3.8) is 0 Å². The number of nitrogens with zero attached hydrogens (tertiary/aromatic N) is 1. The van der Waals surface area contributed by atoms with Gasteiger partial charge in [0.25, 0.3) is 0 Å². The minimum absolute atomic E-state index is 0.140. The summed E-state index contributed by atoms with van der Waals surface area (Å²) >= 11 is 0. The number of nitriles is 1. The van der Waals surface area contributed by atoms with Crippen LogP contribution in [0.3, 0.4) is 0 Å². The number of hydrogen-bond donors (Lipinski definition) is 1. The Kier molecular flexibility index (Phi) is 4.22. The summed E-state index contributed by atoms with van der Waals surface area (Å²) in [6.07, 6.45) is 6.12. The van der Waals surface area contributed by atoms with E-state index in [0.717, 1.165) is 18.6 Å². The molecule has 0 spiro atoms. The third-order valence-corrected chi connectivity index (χ3v) is 3.86. The fourth-order valence-electron chi connectivity index (χ4n) is 2.60. The van der Waals surface area contributed by atoms with Gasteiger partial charge in [-0.3, -0.25) is 0 Å². The molecular formula is C15H20N2O. The third kappa shape index (κ3) is 3.02. The Morgan fingerprint density at radius 1 is 1.28 bits per heavy atom. The quantitative estimate of drug-likeness (QED) is 0.886. The van der Waals surface area contributed by atoms with Crippen LogP contribution < -0.4 is 10.5 Å². The maximum absolute atomic E-state index is 8.85. The fraction of sp³-hybridized carbons (Fsp3) is 0.533. The molecule has 2 rings (SSSR count). The van der Waals surface area contributed by atoms with E-state index in [9.17, 15) is 0 Å². The largest absolute Gasteiger partial charge is 0.493 e. The predicted molar refractivity (Wildman–Crippen MR) is 71.2 cm³/mol. The molecule has 3 heteroatoms. The second kappa shape index (κ2) is 5.88. The lowest BCUT2D eigenvalue weighted by Crippen LogP contribution is -2.38. The molecule has 0 heterocycles. The van der Waals surface area contributed by atoms with E-state index in [1.54, 1.807) is 12.1 Å². The number of ether oxygens (including phenoxy) is 1. The molecule has 0 aromatic heterocycles. The van der Waals surface area contributed by atoms with Gasteiger partial charge in [0.15, 0.2) is 0 Å². The first-order valence-corrected chi connectivity index (χ1v) is 6.61. The highest BCUT2D eigenvalue weighted by atomic mass is 16.5. The van der Waals surface area contributed by atoms with Gasteiger partial charge in [-0.15, -0.1) is 0 Å². The van der Waals surface area contributed by atoms with Gasteiger partial charge in [-0.25, -0.2) is 0 Å². The first kappa shape index (κ1) is 12.9. The Bertz CT molecular complexity index is 430. The van der Waals surface area contributed by atoms with Gasteiger partial charge in [-0.05, 0) is 31.0 Å². The van der Waals surface area contributed by atoms with Crippen LogP contribution in [0.4, 0.5) is 0 Å². The van der Waals surface area contributed by atoms with Crippen LogP contribution in [0.2, 0.25) is 0 Å². The summed E-state index contributed by atoms with van der Waals surface area (Å²) < 4.78 is 5.85. The molecule has 1 saturated carbocycles. The number of benzene rings is 1. The summed E-state index contributed by atoms with van der Waals surface area (Å²) in [7, 11) is 0. The summed E-state index contributed by atoms with van der Waals surface area (Å²) in [6.45, 7) is 1.35. The van der Waals surface area contributed by atoms with Crippen LogP contribution in [-0.2, 0) is 0 Å². The van der Waals surface area contributed by atoms with Gasteiger partial charge in [0.1, 0.15) is 5.75 Å². The summed E-state index contributed by atoms with van der Waals surface area (Å²) in [5, 5.41) is 8.85. The van der Waals surface area contributed by atoms with E-state index < -0.39 is 0 Å². The van der Waals surface area contributed by atoms with Gasteiger partial charge in [-0.1, -0.05) is 25.3 Å². The first-order valence-electron chi connectivity index (χ1n) is 6.61. The lowest BCUT2D eigenvalue weighted by Gasteiger charge is -2.35. The van der Waals surface area contributed by atoms with E-state index in [-0.39, 0.29) is 5.41 Å². The number of rotatable bonds is 4. The normalized spacial score (nSPS) is 18.0. The van der Waals surface area contributed by atoms with Crippen molar-refractivity contribution < 1.29 is 4.74 Å². The molecule has 2 N–H and O–H groups in total. The van der Waals surface area contributed by atoms with E-state index in [1.165, 1.54) is 19.3 Å². The fourth-order valence-corrected chi connectivity index (χ4v) is 2.60. The van der Waals surface area contributed by atoms with Gasteiger partial charge in [0.05, 0.1) is 18.2 Å². The lowest BCUT2D eigenvalue weighted by molar-refractivity contribution is 0.105. The smallest absolute Gasteiger partial charge is 0.120 e. The van der Waals surface area contributed by atoms with Crippen molar-refractivity contribution in [1.29, 1.82) is 5.26 Å². The second-order valence-electron chi connectivity index (χ2n) is 5.19. The van der Waals surface area contributed by atoms with Crippen molar-refractivity contribution in [1.82, 2.24) is 0 Å². The minimum Gasteiger partial charge on any atom is -0.493 e. The zero-order valence-corrected chi connectivity index (χ0v) is 10.7. The summed E-state index contributed by atoms with van der Waals surface area (Å²) in [5.74, 6) is 0.771. The van der Waals surface area contributed by atoms with Gasteiger partial charge in [0, 0.05) is 12.0 Å². The van der Waals surface area contributed by atoms with Crippen molar-refractivity contribution in [3.05, 3.63) is 29.8 Å². The molecule has 1 aromatic rings. The Labute approximate surface area is 109 Å². The van der Waals surface area contributed by atoms with Crippen molar-refractivity contribution in [3.8, 4) is 11.8 Å². The number of hydrogen-bond acceptors (Lipinski definition) is 3. The highest BCUT2D eigenvalue weighted by Crippen LogP contribution is 2.35. The molecule has 1 aliphatic rings. The highest BCUT2D eigenvalue weighted by molar-refractivity contribution is 5.36. The third-order valence-electron chi connectivity index (χ3n) is 3.86. The van der Waals surface area contributed by atoms with E-state index in [2.05, 4.69) is 6.07 Å². The molecule has 1 fully saturated rings. The van der Waals surface area contributed by atoms with Crippen LogP contribution in [0.5, 0.6) is 5.75 Å². The minimum atomic E-state index is 0.140. The predicted octanol–water partition coefficient (Wildman–Crippen LogP) is 2.85. The Morgan fingerprint density at radius 3 is 2.72 bits per heavy atom. The van der Waals surface area contributed by atoms with Crippen LogP contribution in [0.15, 0.2) is 24.3 Å². The highest BCUT2D eigenvalue weighted by Gasteiger charge is 2.31. The molecule has 1 aromatic carbocycles. The number of nitrogens with two attached hydrogens (primary N) is 1. The average molecular weight is 244 g/mol. The lowest BCUT2D eigenvalue weighted by atomic mass is 9.75. The van der Waals surface area contributed by atoms with Crippen LogP contribution in [-0.4, -0.2) is 13.2 Å². The SMILES string of the molecule is N#Cc1cccc(OCC2(CN)CCCCC2)c1. The maximum Gasteiger partial charge on any atom is 0.120 e. The van der Waals surface area contributed by atoms with Crippen molar-refractivity contribution in [2.75, 3.05) is 13.2 Å². The Balaban J connectivity index is 1.99. The summed E-state index contributed by atoms with van der Waals surface area (Å²) in [5.41, 5.74) is 6.70. The zero-order chi connectivity index (χ0) is 12.8. The standard InChI is InChI=1S/C15H20N2O/c16-10-13-5-4-6-14(9-13)18-12-15(11-17)7-2-1-3-8-15/h4-6,9H,1-3,7-8,11-12,17H2. The van der Waals surface area contributed by atoms with Gasteiger partial charge in [-0.2, -0.15) is 5.26 Å². The van der Waals surface area contributed by atoms with Crippen LogP contribution >= 0.6 is 0 Å². The molecule has 0 saturated heterocycles. The van der Waals surface area contributed by atoms with Gasteiger partial charge in [0.2, 0.25) is 0 Å². The Hall–Kier alpha value is -1.53. The van der Waals surface area contributed by atoms with Crippen molar-refractivity contribution in [2.45, 2.75) is 32.1 Å². The molecule has 0 amide bonds. The molecule has 0 unspecified atom stereocenters. The molecule has 1 aliphatic carbocycles. The molecule has 0 radical (unpaired) electrons. The van der Waals surface area contributed by atoms with Crippen LogP contribution in [0.25, 0.3) is 0 Å². The zero-order valence-electron chi connectivity index (χ0n) is 10.7. The van der Waals surface area contributed by atoms with E-state index >= 15 is 0 Å². The van der Waals surface area contributed by atoms with Crippen molar-refractivity contribution >= 4 is 0 Å². The summed E-state index contributed by atoms with van der Waals surface area (Å²) in [4.78, 5) is 0. The summed E-state index contributed by atoms with van der Waals surface area (Å²) in [6, 6.07) is 9.44. The van der Waals surface area contributed by atoms with Gasteiger partial charge >= 0.3 is 0 Å². The van der Waals surface area contributed by atoms with Crippen LogP contribution in [0.1, 0.15) is 37.7 Å². The molecule has 0 atom stereocenters. The second-order valence-corrected chi connectivity index (χ2v) is 5.19. The van der Waals surface area contributed by atoms with Gasteiger partial charge < -0.3 is 10.5 Å². The van der Waals surface area contributed by atoms with Crippen LogP contribution in [0, 0.1) is 16.7 Å². The monoisotopic (exact) mass is 244 g/mol. The molecule has 0 bridgehead atoms. The Morgan fingerprint density at radius 2 is 2.06 bits per heavy atom.